The van der Waals surface area contributed by atoms with Gasteiger partial charge in [-0.2, -0.15) is 5.10 Å². The van der Waals surface area contributed by atoms with Crippen molar-refractivity contribution in [2.24, 2.45) is 7.05 Å². The molecular formula is C17H18KN3O. The van der Waals surface area contributed by atoms with Crippen LogP contribution in [-0.4, -0.2) is 20.6 Å². The molecule has 0 amide bonds. The zero-order valence-electron chi connectivity index (χ0n) is 14.4. The molecule has 0 saturated heterocycles. The number of benzene rings is 1. The summed E-state index contributed by atoms with van der Waals surface area (Å²) in [5.41, 5.74) is 4.25. The van der Waals surface area contributed by atoms with Gasteiger partial charge in [0.2, 0.25) is 0 Å². The maximum atomic E-state index is 10.6. The van der Waals surface area contributed by atoms with Crippen LogP contribution in [0.4, 0.5) is 0 Å². The number of carbonyl (C=O) groups is 1. The molecule has 0 N–H and O–H groups in total. The average molecular weight is 319 g/mol. The van der Waals surface area contributed by atoms with E-state index < -0.39 is 0 Å². The summed E-state index contributed by atoms with van der Waals surface area (Å²) in [6.07, 6.45) is 6.15. The monoisotopic (exact) mass is 319 g/mol. The van der Waals surface area contributed by atoms with Gasteiger partial charge >= 0.3 is 51.4 Å². The SMILES string of the molecule is Cc1nn(C)c(-n2ccc3c(C)cccc32)c1/C=C/C=O.[H-].[K+]. The molecule has 0 aliphatic carbocycles. The fourth-order valence-electron chi connectivity index (χ4n) is 2.78. The Kier molecular flexibility index (Phi) is 5.58. The summed E-state index contributed by atoms with van der Waals surface area (Å²) >= 11 is 0. The first kappa shape index (κ1) is 17.4. The molecule has 0 saturated carbocycles. The molecule has 0 unspecified atom stereocenters. The van der Waals surface area contributed by atoms with Gasteiger partial charge in [0, 0.05) is 24.2 Å². The van der Waals surface area contributed by atoms with Crippen molar-refractivity contribution in [1.82, 2.24) is 14.3 Å². The number of aryl methyl sites for hydroxylation is 3. The molecule has 2 heterocycles. The van der Waals surface area contributed by atoms with Crippen molar-refractivity contribution in [3.8, 4) is 5.82 Å². The Morgan fingerprint density at radius 1 is 1.23 bits per heavy atom. The molecule has 0 radical (unpaired) electrons. The minimum atomic E-state index is 0. The molecule has 3 aromatic rings. The van der Waals surface area contributed by atoms with Crippen molar-refractivity contribution in [1.29, 1.82) is 0 Å². The Morgan fingerprint density at radius 2 is 2.00 bits per heavy atom. The summed E-state index contributed by atoms with van der Waals surface area (Å²) in [5, 5.41) is 5.70. The summed E-state index contributed by atoms with van der Waals surface area (Å²) in [4.78, 5) is 10.6. The summed E-state index contributed by atoms with van der Waals surface area (Å²) in [5.74, 6) is 0.964. The van der Waals surface area contributed by atoms with E-state index in [1.54, 1.807) is 0 Å². The average Bonchev–Trinajstić information content (AvgIpc) is 2.98. The van der Waals surface area contributed by atoms with Crippen LogP contribution in [0.3, 0.4) is 0 Å². The van der Waals surface area contributed by atoms with Crippen LogP contribution < -0.4 is 51.4 Å². The molecule has 5 heteroatoms. The minimum Gasteiger partial charge on any atom is -1.00 e. The molecule has 0 aliphatic heterocycles. The van der Waals surface area contributed by atoms with E-state index in [9.17, 15) is 4.79 Å². The fraction of sp³-hybridized carbons (Fsp3) is 0.176. The molecule has 1 aromatic carbocycles. The van der Waals surface area contributed by atoms with E-state index in [1.165, 1.54) is 17.0 Å². The van der Waals surface area contributed by atoms with E-state index in [1.807, 2.05) is 30.9 Å². The van der Waals surface area contributed by atoms with Crippen molar-refractivity contribution in [2.45, 2.75) is 13.8 Å². The van der Waals surface area contributed by atoms with Crippen LogP contribution in [0, 0.1) is 13.8 Å². The predicted molar refractivity (Wildman–Crippen MR) is 85.7 cm³/mol. The smallest absolute Gasteiger partial charge is 1.00 e. The molecule has 2 aromatic heterocycles. The fourth-order valence-corrected chi connectivity index (χ4v) is 2.78. The Bertz CT molecular complexity index is 864. The number of nitrogens with zero attached hydrogens (tertiary/aromatic N) is 3. The first-order chi connectivity index (χ1) is 10.1. The van der Waals surface area contributed by atoms with Crippen LogP contribution in [0.2, 0.25) is 0 Å². The van der Waals surface area contributed by atoms with Crippen LogP contribution >= 0.6 is 0 Å². The first-order valence-electron chi connectivity index (χ1n) is 6.86. The summed E-state index contributed by atoms with van der Waals surface area (Å²) in [6.45, 7) is 4.05. The Morgan fingerprint density at radius 3 is 2.73 bits per heavy atom. The summed E-state index contributed by atoms with van der Waals surface area (Å²) in [7, 11) is 1.92. The number of hydrogen-bond acceptors (Lipinski definition) is 2. The molecule has 0 aliphatic rings. The number of rotatable bonds is 3. The summed E-state index contributed by atoms with van der Waals surface area (Å²) in [6, 6.07) is 8.37. The normalized spacial score (nSPS) is 11.0. The van der Waals surface area contributed by atoms with Gasteiger partial charge in [-0.25, -0.2) is 0 Å². The third-order valence-corrected chi connectivity index (χ3v) is 3.76. The summed E-state index contributed by atoms with van der Waals surface area (Å²) < 4.78 is 3.97. The van der Waals surface area contributed by atoms with E-state index in [-0.39, 0.29) is 52.8 Å². The quantitative estimate of drug-likeness (QED) is 0.396. The maximum Gasteiger partial charge on any atom is 1.00 e. The van der Waals surface area contributed by atoms with Gasteiger partial charge in [-0.1, -0.05) is 12.1 Å². The number of aldehydes is 1. The van der Waals surface area contributed by atoms with Gasteiger partial charge in [0.15, 0.2) is 0 Å². The van der Waals surface area contributed by atoms with Crippen molar-refractivity contribution < 1.29 is 57.6 Å². The zero-order valence-corrected chi connectivity index (χ0v) is 16.5. The third kappa shape index (κ3) is 2.91. The van der Waals surface area contributed by atoms with E-state index in [0.717, 1.165) is 28.9 Å². The number of fused-ring (bicyclic) bond motifs is 1. The van der Waals surface area contributed by atoms with E-state index in [4.69, 9.17) is 0 Å². The second kappa shape index (κ2) is 7.06. The van der Waals surface area contributed by atoms with Crippen LogP contribution in [0.1, 0.15) is 18.2 Å². The topological polar surface area (TPSA) is 39.8 Å². The number of aromatic nitrogens is 3. The molecule has 0 fully saturated rings. The molecule has 22 heavy (non-hydrogen) atoms. The molecule has 3 rings (SSSR count). The number of allylic oxidation sites excluding steroid dienone is 1. The van der Waals surface area contributed by atoms with Gasteiger partial charge in [0.05, 0.1) is 11.2 Å². The Labute approximate surface area is 173 Å². The predicted octanol–water partition coefficient (Wildman–Crippen LogP) is 0.309. The van der Waals surface area contributed by atoms with Crippen molar-refractivity contribution in [2.75, 3.05) is 0 Å². The van der Waals surface area contributed by atoms with E-state index in [2.05, 4.69) is 40.9 Å². The van der Waals surface area contributed by atoms with Gasteiger partial charge in [-0.15, -0.1) is 0 Å². The standard InChI is InChI=1S/C17H17N3O.K.H/c1-12-6-4-8-16-14(12)9-10-20(16)17-15(7-5-11-21)13(2)18-19(17)3;;/h4-11H,1-3H3;;/q;+1;-1/b7-5+;;. The Balaban J connectivity index is 0.00000132. The van der Waals surface area contributed by atoms with Gasteiger partial charge in [0.25, 0.3) is 0 Å². The van der Waals surface area contributed by atoms with Gasteiger partial charge in [-0.05, 0) is 43.7 Å². The molecule has 4 nitrogen and oxygen atoms in total. The minimum absolute atomic E-state index is 0. The molecule has 108 valence electrons. The van der Waals surface area contributed by atoms with Crippen LogP contribution in [0.5, 0.6) is 0 Å². The third-order valence-electron chi connectivity index (χ3n) is 3.76. The largest absolute Gasteiger partial charge is 1.00 e. The van der Waals surface area contributed by atoms with Crippen LogP contribution in [0.25, 0.3) is 22.8 Å². The first-order valence-corrected chi connectivity index (χ1v) is 6.86. The number of carbonyl (C=O) groups excluding carboxylic acids is 1. The van der Waals surface area contributed by atoms with Crippen LogP contribution in [-0.2, 0) is 11.8 Å². The van der Waals surface area contributed by atoms with Crippen LogP contribution in [0.15, 0.2) is 36.5 Å². The maximum absolute atomic E-state index is 10.6. The second-order valence-corrected chi connectivity index (χ2v) is 5.13. The van der Waals surface area contributed by atoms with Crippen molar-refractivity contribution in [3.05, 3.63) is 53.4 Å². The van der Waals surface area contributed by atoms with Crippen molar-refractivity contribution >= 4 is 23.3 Å². The van der Waals surface area contributed by atoms with E-state index >= 15 is 0 Å². The van der Waals surface area contributed by atoms with Gasteiger partial charge < -0.3 is 5.99 Å². The van der Waals surface area contributed by atoms with E-state index in [0.29, 0.717) is 0 Å². The zero-order chi connectivity index (χ0) is 15.0. The van der Waals surface area contributed by atoms with Crippen molar-refractivity contribution in [3.63, 3.8) is 0 Å². The van der Waals surface area contributed by atoms with Gasteiger partial charge in [-0.3, -0.25) is 9.48 Å². The second-order valence-electron chi connectivity index (χ2n) is 5.13. The Hall–Kier alpha value is -0.984. The molecular weight excluding hydrogens is 301 g/mol. The number of hydrogen-bond donors (Lipinski definition) is 0. The van der Waals surface area contributed by atoms with Gasteiger partial charge in [0.1, 0.15) is 12.1 Å². The molecule has 0 atom stereocenters. The molecule has 0 bridgehead atoms. The molecule has 0 spiro atoms.